The van der Waals surface area contributed by atoms with Crippen molar-refractivity contribution in [1.29, 1.82) is 5.26 Å². The Morgan fingerprint density at radius 1 is 1.58 bits per heavy atom. The summed E-state index contributed by atoms with van der Waals surface area (Å²) >= 11 is 5.61. The molecule has 1 rings (SSSR count). The third-order valence-corrected chi connectivity index (χ3v) is 1.52. The molecule has 0 aliphatic carbocycles. The van der Waals surface area contributed by atoms with E-state index >= 15 is 0 Å². The van der Waals surface area contributed by atoms with Crippen LogP contribution >= 0.6 is 11.6 Å². The Balaban J connectivity index is 2.84. The van der Waals surface area contributed by atoms with E-state index < -0.39 is 5.82 Å². The van der Waals surface area contributed by atoms with Crippen LogP contribution in [0.25, 0.3) is 0 Å². The second-order valence-corrected chi connectivity index (χ2v) is 2.57. The maximum absolute atomic E-state index is 12.9. The molecule has 0 radical (unpaired) electrons. The summed E-state index contributed by atoms with van der Waals surface area (Å²) in [7, 11) is 0. The van der Waals surface area contributed by atoms with Gasteiger partial charge >= 0.3 is 0 Å². The van der Waals surface area contributed by atoms with Crippen LogP contribution in [0.2, 0.25) is 5.02 Å². The fourth-order valence-corrected chi connectivity index (χ4v) is 0.940. The summed E-state index contributed by atoms with van der Waals surface area (Å²) in [5, 5.41) is 11.2. The number of hydrogen-bond acceptors (Lipinski definition) is 2. The van der Waals surface area contributed by atoms with Crippen LogP contribution in [0.1, 0.15) is 0 Å². The topological polar surface area (TPSA) is 35.8 Å². The summed E-state index contributed by atoms with van der Waals surface area (Å²) < 4.78 is 12.9. The van der Waals surface area contributed by atoms with Gasteiger partial charge in [0.15, 0.2) is 0 Å². The lowest BCUT2D eigenvalue weighted by Gasteiger charge is -2.02. The predicted molar refractivity (Wildman–Crippen MR) is 45.5 cm³/mol. The van der Waals surface area contributed by atoms with Crippen LogP contribution in [0.15, 0.2) is 18.2 Å². The molecule has 0 bridgehead atoms. The Morgan fingerprint density at radius 3 is 3.00 bits per heavy atom. The van der Waals surface area contributed by atoms with E-state index in [0.29, 0.717) is 5.02 Å². The van der Waals surface area contributed by atoms with E-state index in [1.165, 1.54) is 18.2 Å². The summed E-state index contributed by atoms with van der Waals surface area (Å²) in [6, 6.07) is 5.99. The molecule has 0 saturated carbocycles. The summed E-state index contributed by atoms with van der Waals surface area (Å²) in [6.45, 7) is 0.0667. The van der Waals surface area contributed by atoms with Gasteiger partial charge in [0.05, 0.1) is 11.8 Å². The lowest BCUT2D eigenvalue weighted by Crippen LogP contribution is -2.00. The maximum Gasteiger partial charge on any atom is 0.146 e. The molecular weight excluding hydrogens is 179 g/mol. The smallest absolute Gasteiger partial charge is 0.146 e. The Bertz CT molecular complexity index is 319. The number of hydrogen-bond donors (Lipinski definition) is 1. The molecule has 0 heterocycles. The highest BCUT2D eigenvalue weighted by Gasteiger charge is 2.00. The van der Waals surface area contributed by atoms with Crippen molar-refractivity contribution in [3.63, 3.8) is 0 Å². The van der Waals surface area contributed by atoms with Gasteiger partial charge < -0.3 is 5.32 Å². The van der Waals surface area contributed by atoms with Crippen LogP contribution in [0.4, 0.5) is 10.1 Å². The molecule has 0 atom stereocenters. The highest BCUT2D eigenvalue weighted by Crippen LogP contribution is 2.18. The Kier molecular flexibility index (Phi) is 2.89. The van der Waals surface area contributed by atoms with Crippen LogP contribution in [0.3, 0.4) is 0 Å². The van der Waals surface area contributed by atoms with Gasteiger partial charge in [-0.05, 0) is 18.2 Å². The Hall–Kier alpha value is -1.27. The lowest BCUT2D eigenvalue weighted by molar-refractivity contribution is 0.631. The van der Waals surface area contributed by atoms with Crippen molar-refractivity contribution in [1.82, 2.24) is 0 Å². The van der Waals surface area contributed by atoms with Gasteiger partial charge in [-0.25, -0.2) is 4.39 Å². The van der Waals surface area contributed by atoms with E-state index in [4.69, 9.17) is 16.9 Å². The van der Waals surface area contributed by atoms with Crippen molar-refractivity contribution < 1.29 is 4.39 Å². The van der Waals surface area contributed by atoms with Gasteiger partial charge in [0.25, 0.3) is 0 Å². The van der Waals surface area contributed by atoms with Crippen LogP contribution in [-0.2, 0) is 0 Å². The summed E-state index contributed by atoms with van der Waals surface area (Å²) in [5.41, 5.74) is 0.254. The molecule has 2 nitrogen and oxygen atoms in total. The lowest BCUT2D eigenvalue weighted by atomic mass is 10.3. The highest BCUT2D eigenvalue weighted by atomic mass is 35.5. The zero-order valence-electron chi connectivity index (χ0n) is 6.14. The highest BCUT2D eigenvalue weighted by molar-refractivity contribution is 6.30. The van der Waals surface area contributed by atoms with Crippen LogP contribution < -0.4 is 5.32 Å². The van der Waals surface area contributed by atoms with Crippen molar-refractivity contribution in [2.75, 3.05) is 11.9 Å². The molecule has 0 aromatic heterocycles. The van der Waals surface area contributed by atoms with Gasteiger partial charge in [-0.15, -0.1) is 0 Å². The molecule has 0 spiro atoms. The molecule has 0 saturated heterocycles. The molecule has 4 heteroatoms. The van der Waals surface area contributed by atoms with Gasteiger partial charge in [0.2, 0.25) is 0 Å². The number of nitrogens with one attached hydrogen (secondary N) is 1. The van der Waals surface area contributed by atoms with Gasteiger partial charge in [-0.2, -0.15) is 5.26 Å². The van der Waals surface area contributed by atoms with Gasteiger partial charge in [0, 0.05) is 5.02 Å². The van der Waals surface area contributed by atoms with Crippen molar-refractivity contribution in [3.8, 4) is 6.07 Å². The van der Waals surface area contributed by atoms with E-state index in [2.05, 4.69) is 5.32 Å². The van der Waals surface area contributed by atoms with E-state index in [0.717, 1.165) is 0 Å². The first-order valence-electron chi connectivity index (χ1n) is 3.30. The number of nitrogens with zero attached hydrogens (tertiary/aromatic N) is 1. The first-order chi connectivity index (χ1) is 5.74. The van der Waals surface area contributed by atoms with Gasteiger partial charge in [0.1, 0.15) is 12.4 Å². The Morgan fingerprint density at radius 2 is 2.33 bits per heavy atom. The standard InChI is InChI=1S/C8H6ClFN2/c9-6-1-2-7(10)8(5-6)12-4-3-11/h1-2,5,12H,4H2. The maximum atomic E-state index is 12.9. The molecule has 62 valence electrons. The fraction of sp³-hybridized carbons (Fsp3) is 0.125. The van der Waals surface area contributed by atoms with Crippen LogP contribution in [0.5, 0.6) is 0 Å². The summed E-state index contributed by atoms with van der Waals surface area (Å²) in [6.07, 6.45) is 0. The molecule has 1 N–H and O–H groups in total. The van der Waals surface area contributed by atoms with Crippen molar-refractivity contribution in [3.05, 3.63) is 29.0 Å². The van der Waals surface area contributed by atoms with Crippen LogP contribution in [-0.4, -0.2) is 6.54 Å². The monoisotopic (exact) mass is 184 g/mol. The molecule has 0 aliphatic rings. The largest absolute Gasteiger partial charge is 0.370 e. The number of benzene rings is 1. The van der Waals surface area contributed by atoms with Crippen LogP contribution in [0, 0.1) is 17.1 Å². The van der Waals surface area contributed by atoms with E-state index in [-0.39, 0.29) is 12.2 Å². The minimum absolute atomic E-state index is 0.0667. The van der Waals surface area contributed by atoms with Crippen molar-refractivity contribution in [2.45, 2.75) is 0 Å². The zero-order valence-corrected chi connectivity index (χ0v) is 6.90. The molecule has 1 aromatic rings. The van der Waals surface area contributed by atoms with E-state index in [9.17, 15) is 4.39 Å². The minimum Gasteiger partial charge on any atom is -0.370 e. The predicted octanol–water partition coefficient (Wildman–Crippen LogP) is 2.41. The number of nitriles is 1. The molecular formula is C8H6ClFN2. The molecule has 0 fully saturated rings. The SMILES string of the molecule is N#CCNc1cc(Cl)ccc1F. The Labute approximate surface area is 74.6 Å². The third kappa shape index (κ3) is 2.11. The normalized spacial score (nSPS) is 9.08. The number of rotatable bonds is 2. The number of anilines is 1. The fourth-order valence-electron chi connectivity index (χ4n) is 0.768. The molecule has 1 aromatic carbocycles. The summed E-state index contributed by atoms with van der Waals surface area (Å²) in [4.78, 5) is 0. The number of halogens is 2. The molecule has 0 unspecified atom stereocenters. The minimum atomic E-state index is -0.408. The van der Waals surface area contributed by atoms with E-state index in [1.807, 2.05) is 6.07 Å². The summed E-state index contributed by atoms with van der Waals surface area (Å²) in [5.74, 6) is -0.408. The second kappa shape index (κ2) is 3.93. The van der Waals surface area contributed by atoms with Crippen molar-refractivity contribution in [2.24, 2.45) is 0 Å². The van der Waals surface area contributed by atoms with Gasteiger partial charge in [-0.3, -0.25) is 0 Å². The molecule has 0 amide bonds. The van der Waals surface area contributed by atoms with Crippen molar-refractivity contribution >= 4 is 17.3 Å². The third-order valence-electron chi connectivity index (χ3n) is 1.29. The first-order valence-corrected chi connectivity index (χ1v) is 3.67. The second-order valence-electron chi connectivity index (χ2n) is 2.14. The molecule has 0 aliphatic heterocycles. The average Bonchev–Trinajstić information content (AvgIpc) is 2.07. The first kappa shape index (κ1) is 8.82. The zero-order chi connectivity index (χ0) is 8.97. The van der Waals surface area contributed by atoms with Gasteiger partial charge in [-0.1, -0.05) is 11.6 Å². The quantitative estimate of drug-likeness (QED) is 0.717. The molecule has 12 heavy (non-hydrogen) atoms. The average molecular weight is 185 g/mol. The van der Waals surface area contributed by atoms with E-state index in [1.54, 1.807) is 0 Å².